The molecule has 0 N–H and O–H groups in total. The Morgan fingerprint density at radius 3 is 2.56 bits per heavy atom. The first-order valence-electron chi connectivity index (χ1n) is 7.68. The number of hydrogen-bond donors (Lipinski definition) is 0. The molecule has 0 saturated carbocycles. The molecule has 4 aromatic rings. The number of halogens is 3. The average Bonchev–Trinajstić information content (AvgIpc) is 3.20. The van der Waals surface area contributed by atoms with Crippen molar-refractivity contribution in [2.75, 3.05) is 0 Å². The summed E-state index contributed by atoms with van der Waals surface area (Å²) in [6.45, 7) is 0. The van der Waals surface area contributed by atoms with Gasteiger partial charge < -0.3 is 9.26 Å². The Bertz CT molecular complexity index is 1070. The van der Waals surface area contributed by atoms with Gasteiger partial charge in [-0.15, -0.1) is 0 Å². The highest BCUT2D eigenvalue weighted by molar-refractivity contribution is 5.73. The van der Waals surface area contributed by atoms with Crippen LogP contribution < -0.4 is 4.74 Å². The predicted octanol–water partition coefficient (Wildman–Crippen LogP) is 3.76. The zero-order chi connectivity index (χ0) is 18.9. The molecule has 1 unspecified atom stereocenters. The van der Waals surface area contributed by atoms with Crippen molar-refractivity contribution in [2.45, 2.75) is 12.3 Å². The number of fused-ring (bicyclic) bond motifs is 1. The van der Waals surface area contributed by atoms with Crippen molar-refractivity contribution in [3.8, 4) is 17.4 Å². The molecule has 3 aromatic heterocycles. The molecule has 0 bridgehead atoms. The first-order valence-corrected chi connectivity index (χ1v) is 7.68. The largest absolute Gasteiger partial charge is 0.459 e. The van der Waals surface area contributed by atoms with Gasteiger partial charge >= 0.3 is 6.18 Å². The lowest BCUT2D eigenvalue weighted by Crippen LogP contribution is -2.26. The Balaban J connectivity index is 1.70. The zero-order valence-corrected chi connectivity index (χ0v) is 13.5. The SMILES string of the molecule is FC(F)(F)C(Oc1cnc2ccccc2n1)c1ccnc(-c2ncon2)c1. The second-order valence-corrected chi connectivity index (χ2v) is 5.47. The van der Waals surface area contributed by atoms with Crippen LogP contribution in [0.5, 0.6) is 5.88 Å². The van der Waals surface area contributed by atoms with Gasteiger partial charge in [0.2, 0.25) is 24.2 Å². The lowest BCUT2D eigenvalue weighted by atomic mass is 10.1. The molecule has 0 radical (unpaired) electrons. The predicted molar refractivity (Wildman–Crippen MR) is 86.5 cm³/mol. The third-order valence-electron chi connectivity index (χ3n) is 3.64. The van der Waals surface area contributed by atoms with E-state index in [4.69, 9.17) is 4.74 Å². The van der Waals surface area contributed by atoms with E-state index >= 15 is 0 Å². The highest BCUT2D eigenvalue weighted by Crippen LogP contribution is 2.37. The first-order chi connectivity index (χ1) is 13.0. The molecule has 1 atom stereocenters. The van der Waals surface area contributed by atoms with Crippen molar-refractivity contribution in [2.24, 2.45) is 0 Å². The van der Waals surface area contributed by atoms with E-state index in [0.717, 1.165) is 12.6 Å². The van der Waals surface area contributed by atoms with E-state index in [2.05, 4.69) is 29.6 Å². The van der Waals surface area contributed by atoms with E-state index in [1.807, 2.05) is 0 Å². The van der Waals surface area contributed by atoms with Gasteiger partial charge in [0.05, 0.1) is 17.2 Å². The van der Waals surface area contributed by atoms with Crippen molar-refractivity contribution < 1.29 is 22.4 Å². The molecule has 0 spiro atoms. The number of rotatable bonds is 4. The summed E-state index contributed by atoms with van der Waals surface area (Å²) in [5.74, 6) is -0.169. The number of benzene rings is 1. The third-order valence-corrected chi connectivity index (χ3v) is 3.64. The lowest BCUT2D eigenvalue weighted by Gasteiger charge is -2.21. The smallest absolute Gasteiger partial charge is 0.429 e. The second kappa shape index (κ2) is 6.63. The minimum absolute atomic E-state index is 0.0725. The maximum absolute atomic E-state index is 13.6. The van der Waals surface area contributed by atoms with Crippen LogP contribution >= 0.6 is 0 Å². The molecule has 3 heterocycles. The molecule has 1 aromatic carbocycles. The van der Waals surface area contributed by atoms with Gasteiger partial charge in [0, 0.05) is 11.8 Å². The molecule has 0 aliphatic carbocycles. The van der Waals surface area contributed by atoms with Crippen LogP contribution in [0.15, 0.2) is 59.7 Å². The van der Waals surface area contributed by atoms with Crippen LogP contribution in [0, 0.1) is 0 Å². The van der Waals surface area contributed by atoms with Crippen LogP contribution in [0.25, 0.3) is 22.6 Å². The fourth-order valence-electron chi connectivity index (χ4n) is 2.46. The van der Waals surface area contributed by atoms with E-state index in [-0.39, 0.29) is 23.0 Å². The topological polar surface area (TPSA) is 86.8 Å². The lowest BCUT2D eigenvalue weighted by molar-refractivity contribution is -0.198. The van der Waals surface area contributed by atoms with Gasteiger partial charge in [0.15, 0.2) is 0 Å². The monoisotopic (exact) mass is 373 g/mol. The molecule has 27 heavy (non-hydrogen) atoms. The molecule has 0 aliphatic heterocycles. The van der Waals surface area contributed by atoms with Gasteiger partial charge in [-0.25, -0.2) is 9.97 Å². The highest BCUT2D eigenvalue weighted by Gasteiger charge is 2.43. The van der Waals surface area contributed by atoms with E-state index in [0.29, 0.717) is 11.0 Å². The van der Waals surface area contributed by atoms with Gasteiger partial charge in [-0.05, 0) is 24.3 Å². The van der Waals surface area contributed by atoms with Crippen molar-refractivity contribution in [3.05, 3.63) is 60.7 Å². The van der Waals surface area contributed by atoms with Crippen molar-refractivity contribution >= 4 is 11.0 Å². The maximum atomic E-state index is 13.6. The molecular weight excluding hydrogens is 363 g/mol. The third kappa shape index (κ3) is 3.54. The van der Waals surface area contributed by atoms with Crippen LogP contribution in [-0.4, -0.2) is 31.3 Å². The summed E-state index contributed by atoms with van der Waals surface area (Å²) in [6.07, 6.45) is -3.52. The van der Waals surface area contributed by atoms with E-state index in [1.165, 1.54) is 18.3 Å². The fourth-order valence-corrected chi connectivity index (χ4v) is 2.46. The van der Waals surface area contributed by atoms with Crippen LogP contribution in [0.2, 0.25) is 0 Å². The molecule has 136 valence electrons. The number of ether oxygens (including phenoxy) is 1. The highest BCUT2D eigenvalue weighted by atomic mass is 19.4. The molecule has 0 aliphatic rings. The average molecular weight is 373 g/mol. The van der Waals surface area contributed by atoms with Crippen LogP contribution in [0.3, 0.4) is 0 Å². The normalized spacial score (nSPS) is 12.9. The Labute approximate surface area is 149 Å². The summed E-state index contributed by atoms with van der Waals surface area (Å²) in [6, 6.07) is 9.20. The number of para-hydroxylation sites is 2. The van der Waals surface area contributed by atoms with E-state index in [1.54, 1.807) is 24.3 Å². The molecule has 0 saturated heterocycles. The van der Waals surface area contributed by atoms with E-state index in [9.17, 15) is 13.2 Å². The maximum Gasteiger partial charge on any atom is 0.429 e. The summed E-state index contributed by atoms with van der Waals surface area (Å²) >= 11 is 0. The Morgan fingerprint density at radius 1 is 1.00 bits per heavy atom. The summed E-state index contributed by atoms with van der Waals surface area (Å²) in [5, 5.41) is 3.57. The molecule has 4 rings (SSSR count). The Morgan fingerprint density at radius 2 is 1.81 bits per heavy atom. The quantitative estimate of drug-likeness (QED) is 0.538. The number of nitrogens with zero attached hydrogens (tertiary/aromatic N) is 5. The van der Waals surface area contributed by atoms with Gasteiger partial charge in [-0.3, -0.25) is 4.98 Å². The zero-order valence-electron chi connectivity index (χ0n) is 13.5. The molecule has 10 heteroatoms. The van der Waals surface area contributed by atoms with Crippen molar-refractivity contribution in [3.63, 3.8) is 0 Å². The number of pyridine rings is 1. The second-order valence-electron chi connectivity index (χ2n) is 5.47. The van der Waals surface area contributed by atoms with Crippen LogP contribution in [0.1, 0.15) is 11.7 Å². The first kappa shape index (κ1) is 16.9. The van der Waals surface area contributed by atoms with Gasteiger partial charge in [-0.2, -0.15) is 18.2 Å². The van der Waals surface area contributed by atoms with E-state index < -0.39 is 12.3 Å². The summed E-state index contributed by atoms with van der Waals surface area (Å²) in [5.41, 5.74) is 0.936. The number of aromatic nitrogens is 5. The minimum Gasteiger partial charge on any atom is -0.459 e. The molecule has 0 amide bonds. The van der Waals surface area contributed by atoms with Gasteiger partial charge in [-0.1, -0.05) is 17.3 Å². The standard InChI is InChI=1S/C17H10F3N5O2/c18-17(19,20)15(10-5-6-21-13(7-10)16-23-9-26-25-16)27-14-8-22-11-3-1-2-4-12(11)24-14/h1-9,15H. The van der Waals surface area contributed by atoms with Gasteiger partial charge in [0.25, 0.3) is 0 Å². The summed E-state index contributed by atoms with van der Waals surface area (Å²) in [7, 11) is 0. The Kier molecular flexibility index (Phi) is 4.15. The Hall–Kier alpha value is -3.56. The van der Waals surface area contributed by atoms with Crippen LogP contribution in [-0.2, 0) is 0 Å². The minimum atomic E-state index is -4.69. The van der Waals surface area contributed by atoms with Gasteiger partial charge in [0.1, 0.15) is 5.69 Å². The van der Waals surface area contributed by atoms with Crippen LogP contribution in [0.4, 0.5) is 13.2 Å². The molecule has 0 fully saturated rings. The van der Waals surface area contributed by atoms with Crippen molar-refractivity contribution in [1.82, 2.24) is 25.1 Å². The number of hydrogen-bond acceptors (Lipinski definition) is 7. The van der Waals surface area contributed by atoms with Crippen molar-refractivity contribution in [1.29, 1.82) is 0 Å². The molecule has 7 nitrogen and oxygen atoms in total. The summed E-state index contributed by atoms with van der Waals surface area (Å²) in [4.78, 5) is 15.9. The fraction of sp³-hybridized carbons (Fsp3) is 0.118. The number of alkyl halides is 3. The summed E-state index contributed by atoms with van der Waals surface area (Å²) < 4.78 is 50.7. The molecular formula is C17H10F3N5O2.